The Kier molecular flexibility index (Phi) is 4.50. The summed E-state index contributed by atoms with van der Waals surface area (Å²) >= 11 is 0. The van der Waals surface area contributed by atoms with Crippen molar-refractivity contribution in [1.82, 2.24) is 10.2 Å². The molecule has 1 fully saturated rings. The summed E-state index contributed by atoms with van der Waals surface area (Å²) < 4.78 is 13.5. The van der Waals surface area contributed by atoms with E-state index in [0.29, 0.717) is 12.0 Å². The number of piperazine rings is 1. The van der Waals surface area contributed by atoms with Gasteiger partial charge in [-0.25, -0.2) is 4.39 Å². The standard InChI is InChI=1S/C17H27FN2/c1-12(2)16-10-19-17(4,5)11-20(16)13(3)14-7-6-8-15(18)9-14/h6-9,12-13,16,19H,10-11H2,1-5H3. The number of nitrogens with zero attached hydrogens (tertiary/aromatic N) is 1. The van der Waals surface area contributed by atoms with Crippen molar-refractivity contribution in [2.75, 3.05) is 13.1 Å². The van der Waals surface area contributed by atoms with Crippen molar-refractivity contribution in [2.45, 2.75) is 52.2 Å². The van der Waals surface area contributed by atoms with E-state index in [1.54, 1.807) is 12.1 Å². The van der Waals surface area contributed by atoms with Crippen LogP contribution in [0.4, 0.5) is 4.39 Å². The third kappa shape index (κ3) is 3.39. The Morgan fingerprint density at radius 2 is 2.00 bits per heavy atom. The van der Waals surface area contributed by atoms with Gasteiger partial charge in [0.25, 0.3) is 0 Å². The molecule has 0 radical (unpaired) electrons. The SMILES string of the molecule is CC(C)C1CNC(C)(C)CN1C(C)c1cccc(F)c1. The van der Waals surface area contributed by atoms with Gasteiger partial charge in [0.2, 0.25) is 0 Å². The molecule has 0 aromatic heterocycles. The maximum atomic E-state index is 13.5. The summed E-state index contributed by atoms with van der Waals surface area (Å²) in [6.07, 6.45) is 0. The van der Waals surface area contributed by atoms with E-state index in [0.717, 1.165) is 18.7 Å². The molecule has 20 heavy (non-hydrogen) atoms. The molecule has 1 aliphatic heterocycles. The molecule has 1 aromatic rings. The van der Waals surface area contributed by atoms with Crippen LogP contribution in [-0.2, 0) is 0 Å². The molecular weight excluding hydrogens is 251 g/mol. The third-order valence-corrected chi connectivity index (χ3v) is 4.39. The smallest absolute Gasteiger partial charge is 0.123 e. The van der Waals surface area contributed by atoms with Crippen LogP contribution >= 0.6 is 0 Å². The van der Waals surface area contributed by atoms with Gasteiger partial charge < -0.3 is 5.32 Å². The molecule has 1 N–H and O–H groups in total. The molecule has 2 unspecified atom stereocenters. The Labute approximate surface area is 122 Å². The molecule has 0 bridgehead atoms. The second-order valence-electron chi connectivity index (χ2n) is 6.98. The van der Waals surface area contributed by atoms with Crippen LogP contribution in [-0.4, -0.2) is 29.6 Å². The van der Waals surface area contributed by atoms with Gasteiger partial charge in [0.1, 0.15) is 5.82 Å². The van der Waals surface area contributed by atoms with E-state index in [9.17, 15) is 4.39 Å². The molecule has 2 nitrogen and oxygen atoms in total. The zero-order valence-electron chi connectivity index (χ0n) is 13.3. The number of hydrogen-bond acceptors (Lipinski definition) is 2. The van der Waals surface area contributed by atoms with Crippen molar-refractivity contribution in [1.29, 1.82) is 0 Å². The van der Waals surface area contributed by atoms with Crippen molar-refractivity contribution >= 4 is 0 Å². The fourth-order valence-corrected chi connectivity index (χ4v) is 3.13. The average Bonchev–Trinajstić information content (AvgIpc) is 2.36. The normalized spacial score (nSPS) is 24.9. The highest BCUT2D eigenvalue weighted by molar-refractivity contribution is 5.20. The summed E-state index contributed by atoms with van der Waals surface area (Å²) in [6, 6.07) is 7.73. The lowest BCUT2D eigenvalue weighted by Crippen LogP contribution is -2.63. The summed E-state index contributed by atoms with van der Waals surface area (Å²) in [5.74, 6) is 0.430. The molecule has 112 valence electrons. The van der Waals surface area contributed by atoms with Crippen LogP contribution in [0.5, 0.6) is 0 Å². The first-order valence-corrected chi connectivity index (χ1v) is 7.56. The Morgan fingerprint density at radius 3 is 2.60 bits per heavy atom. The van der Waals surface area contributed by atoms with Crippen LogP contribution in [0.25, 0.3) is 0 Å². The van der Waals surface area contributed by atoms with Crippen molar-refractivity contribution in [3.8, 4) is 0 Å². The van der Waals surface area contributed by atoms with Gasteiger partial charge in [0.15, 0.2) is 0 Å². The molecule has 0 spiro atoms. The Balaban J connectivity index is 2.25. The fraction of sp³-hybridized carbons (Fsp3) is 0.647. The van der Waals surface area contributed by atoms with Crippen molar-refractivity contribution in [3.05, 3.63) is 35.6 Å². The van der Waals surface area contributed by atoms with Crippen LogP contribution < -0.4 is 5.32 Å². The van der Waals surface area contributed by atoms with E-state index >= 15 is 0 Å². The van der Waals surface area contributed by atoms with Crippen molar-refractivity contribution in [3.63, 3.8) is 0 Å². The Morgan fingerprint density at radius 1 is 1.30 bits per heavy atom. The van der Waals surface area contributed by atoms with E-state index in [1.165, 1.54) is 6.07 Å². The summed E-state index contributed by atoms with van der Waals surface area (Å²) in [6.45, 7) is 13.1. The predicted molar refractivity (Wildman–Crippen MR) is 82.2 cm³/mol. The molecular formula is C17H27FN2. The van der Waals surface area contributed by atoms with Crippen LogP contribution in [0.15, 0.2) is 24.3 Å². The molecule has 1 heterocycles. The van der Waals surface area contributed by atoms with Gasteiger partial charge in [-0.3, -0.25) is 4.90 Å². The lowest BCUT2D eigenvalue weighted by molar-refractivity contribution is 0.0370. The predicted octanol–water partition coefficient (Wildman–Crippen LogP) is 3.60. The molecule has 3 heteroatoms. The molecule has 0 saturated carbocycles. The highest BCUT2D eigenvalue weighted by Crippen LogP contribution is 2.30. The van der Waals surface area contributed by atoms with Gasteiger partial charge in [-0.1, -0.05) is 26.0 Å². The van der Waals surface area contributed by atoms with Crippen LogP contribution in [0, 0.1) is 11.7 Å². The molecule has 2 rings (SSSR count). The number of rotatable bonds is 3. The van der Waals surface area contributed by atoms with E-state index in [4.69, 9.17) is 0 Å². The van der Waals surface area contributed by atoms with E-state index in [-0.39, 0.29) is 17.4 Å². The molecule has 0 aliphatic carbocycles. The van der Waals surface area contributed by atoms with Gasteiger partial charge in [-0.2, -0.15) is 0 Å². The average molecular weight is 278 g/mol. The largest absolute Gasteiger partial charge is 0.309 e. The molecule has 1 aromatic carbocycles. The second-order valence-corrected chi connectivity index (χ2v) is 6.98. The second kappa shape index (κ2) is 5.82. The minimum absolute atomic E-state index is 0.104. The third-order valence-electron chi connectivity index (χ3n) is 4.39. The first-order valence-electron chi connectivity index (χ1n) is 7.56. The molecule has 0 amide bonds. The number of benzene rings is 1. The van der Waals surface area contributed by atoms with Gasteiger partial charge >= 0.3 is 0 Å². The summed E-state index contributed by atoms with van der Waals surface area (Å²) in [5.41, 5.74) is 1.17. The summed E-state index contributed by atoms with van der Waals surface area (Å²) in [4.78, 5) is 2.52. The summed E-state index contributed by atoms with van der Waals surface area (Å²) in [5, 5.41) is 3.62. The minimum Gasteiger partial charge on any atom is -0.309 e. The maximum Gasteiger partial charge on any atom is 0.123 e. The monoisotopic (exact) mass is 278 g/mol. The fourth-order valence-electron chi connectivity index (χ4n) is 3.13. The number of nitrogens with one attached hydrogen (secondary N) is 1. The van der Waals surface area contributed by atoms with Crippen molar-refractivity contribution in [2.24, 2.45) is 5.92 Å². The quantitative estimate of drug-likeness (QED) is 0.909. The topological polar surface area (TPSA) is 15.3 Å². The van der Waals surface area contributed by atoms with Gasteiger partial charge in [0, 0.05) is 30.7 Å². The Bertz CT molecular complexity index is 456. The lowest BCUT2D eigenvalue weighted by atomic mass is 9.90. The van der Waals surface area contributed by atoms with Crippen molar-refractivity contribution < 1.29 is 4.39 Å². The number of hydrogen-bond donors (Lipinski definition) is 1. The maximum absolute atomic E-state index is 13.5. The van der Waals surface area contributed by atoms with Gasteiger partial charge in [-0.05, 0) is 44.4 Å². The first-order chi connectivity index (χ1) is 9.30. The van der Waals surface area contributed by atoms with E-state index < -0.39 is 0 Å². The van der Waals surface area contributed by atoms with E-state index in [2.05, 4.69) is 44.8 Å². The highest BCUT2D eigenvalue weighted by atomic mass is 19.1. The van der Waals surface area contributed by atoms with Crippen LogP contribution in [0.2, 0.25) is 0 Å². The molecule has 1 saturated heterocycles. The first kappa shape index (κ1) is 15.5. The van der Waals surface area contributed by atoms with Crippen LogP contribution in [0.1, 0.15) is 46.2 Å². The highest BCUT2D eigenvalue weighted by Gasteiger charge is 2.36. The van der Waals surface area contributed by atoms with Gasteiger partial charge in [-0.15, -0.1) is 0 Å². The zero-order valence-corrected chi connectivity index (χ0v) is 13.3. The zero-order chi connectivity index (χ0) is 14.9. The molecule has 1 aliphatic rings. The Hall–Kier alpha value is -0.930. The van der Waals surface area contributed by atoms with Crippen LogP contribution in [0.3, 0.4) is 0 Å². The lowest BCUT2D eigenvalue weighted by Gasteiger charge is -2.49. The van der Waals surface area contributed by atoms with E-state index in [1.807, 2.05) is 6.07 Å². The number of halogens is 1. The van der Waals surface area contributed by atoms with Gasteiger partial charge in [0.05, 0.1) is 0 Å². The minimum atomic E-state index is -0.148. The molecule has 2 atom stereocenters. The summed E-state index contributed by atoms with van der Waals surface area (Å²) in [7, 11) is 0.